The molecule has 0 spiro atoms. The van der Waals surface area contributed by atoms with Crippen LogP contribution in [-0.4, -0.2) is 0 Å². The molecule has 1 unspecified atom stereocenters. The van der Waals surface area contributed by atoms with E-state index in [-0.39, 0.29) is 6.04 Å². The van der Waals surface area contributed by atoms with E-state index in [0.717, 1.165) is 16.7 Å². The smallest absolute Gasteiger partial charge is 0.136 e. The van der Waals surface area contributed by atoms with E-state index >= 15 is 0 Å². The number of rotatable bonds is 4. The number of thiophene rings is 1. The fourth-order valence-corrected chi connectivity index (χ4v) is 2.64. The van der Waals surface area contributed by atoms with Crippen molar-refractivity contribution in [1.29, 1.82) is 0 Å². The fraction of sp³-hybridized carbons (Fsp3) is 0.200. The van der Waals surface area contributed by atoms with Gasteiger partial charge in [0.05, 0.1) is 16.8 Å². The molecule has 80 valence electrons. The first-order valence-corrected chi connectivity index (χ1v) is 6.20. The van der Waals surface area contributed by atoms with Crippen molar-refractivity contribution >= 4 is 27.3 Å². The van der Waals surface area contributed by atoms with Crippen molar-refractivity contribution in [3.63, 3.8) is 0 Å². The molecule has 0 radical (unpaired) electrons. The highest BCUT2D eigenvalue weighted by atomic mass is 79.9. The average molecular weight is 287 g/mol. The van der Waals surface area contributed by atoms with Crippen molar-refractivity contribution in [2.24, 2.45) is 5.84 Å². The Hall–Kier alpha value is -0.620. The van der Waals surface area contributed by atoms with Crippen LogP contribution in [0, 0.1) is 0 Å². The minimum Gasteiger partial charge on any atom is -0.466 e. The number of nitrogens with two attached hydrogens (primary N) is 1. The highest BCUT2D eigenvalue weighted by Gasteiger charge is 2.17. The molecular weight excluding hydrogens is 276 g/mol. The molecule has 0 aromatic carbocycles. The first kappa shape index (κ1) is 10.9. The summed E-state index contributed by atoms with van der Waals surface area (Å²) in [6.45, 7) is 0. The second-order valence-corrected chi connectivity index (χ2v) is 5.02. The molecule has 2 aromatic heterocycles. The number of hydrogen-bond donors (Lipinski definition) is 2. The van der Waals surface area contributed by atoms with Crippen LogP contribution in [-0.2, 0) is 6.42 Å². The molecule has 1 atom stereocenters. The van der Waals surface area contributed by atoms with Gasteiger partial charge in [0.25, 0.3) is 0 Å². The van der Waals surface area contributed by atoms with Crippen LogP contribution in [0.1, 0.15) is 16.7 Å². The van der Waals surface area contributed by atoms with Crippen LogP contribution in [0.3, 0.4) is 0 Å². The molecule has 2 aromatic rings. The van der Waals surface area contributed by atoms with E-state index in [1.165, 1.54) is 4.88 Å². The Labute approximate surface area is 100 Å². The van der Waals surface area contributed by atoms with Crippen molar-refractivity contribution in [2.75, 3.05) is 0 Å². The highest BCUT2D eigenvalue weighted by Crippen LogP contribution is 2.27. The van der Waals surface area contributed by atoms with E-state index in [0.29, 0.717) is 0 Å². The molecule has 5 heteroatoms. The van der Waals surface area contributed by atoms with Gasteiger partial charge in [-0.3, -0.25) is 5.84 Å². The molecule has 0 saturated heterocycles. The summed E-state index contributed by atoms with van der Waals surface area (Å²) in [4.78, 5) is 1.28. The highest BCUT2D eigenvalue weighted by molar-refractivity contribution is 9.10. The van der Waals surface area contributed by atoms with Crippen molar-refractivity contribution < 1.29 is 4.42 Å². The average Bonchev–Trinajstić information content (AvgIpc) is 2.85. The molecule has 3 nitrogen and oxygen atoms in total. The Morgan fingerprint density at radius 2 is 2.40 bits per heavy atom. The first-order chi connectivity index (χ1) is 7.31. The molecule has 0 aliphatic carbocycles. The molecule has 0 bridgehead atoms. The zero-order valence-corrected chi connectivity index (χ0v) is 10.3. The topological polar surface area (TPSA) is 51.2 Å². The van der Waals surface area contributed by atoms with Crippen LogP contribution in [0.4, 0.5) is 0 Å². The van der Waals surface area contributed by atoms with Gasteiger partial charge >= 0.3 is 0 Å². The van der Waals surface area contributed by atoms with Gasteiger partial charge in [0.1, 0.15) is 5.76 Å². The SMILES string of the molecule is NNC(Cc1cccs1)c1occc1Br. The monoisotopic (exact) mass is 286 g/mol. The lowest BCUT2D eigenvalue weighted by atomic mass is 10.1. The van der Waals surface area contributed by atoms with Crippen LogP contribution in [0.2, 0.25) is 0 Å². The van der Waals surface area contributed by atoms with E-state index in [4.69, 9.17) is 10.3 Å². The minimum absolute atomic E-state index is 0.00743. The third kappa shape index (κ3) is 2.49. The van der Waals surface area contributed by atoms with E-state index in [1.807, 2.05) is 12.1 Å². The van der Waals surface area contributed by atoms with Gasteiger partial charge in [-0.25, -0.2) is 5.43 Å². The standard InChI is InChI=1S/C10H11BrN2OS/c11-8-3-4-14-10(8)9(13-12)6-7-2-1-5-15-7/h1-5,9,13H,6,12H2. The van der Waals surface area contributed by atoms with Crippen LogP contribution in [0.25, 0.3) is 0 Å². The number of hydrazine groups is 1. The summed E-state index contributed by atoms with van der Waals surface area (Å²) in [6.07, 6.45) is 2.48. The minimum atomic E-state index is 0.00743. The zero-order chi connectivity index (χ0) is 10.7. The molecule has 0 amide bonds. The molecule has 0 aliphatic rings. The van der Waals surface area contributed by atoms with Gasteiger partial charge in [-0.15, -0.1) is 11.3 Å². The van der Waals surface area contributed by atoms with E-state index in [2.05, 4.69) is 32.8 Å². The predicted molar refractivity (Wildman–Crippen MR) is 64.5 cm³/mol. The van der Waals surface area contributed by atoms with Crippen LogP contribution >= 0.6 is 27.3 Å². The maximum absolute atomic E-state index is 5.52. The van der Waals surface area contributed by atoms with Crippen LogP contribution in [0.5, 0.6) is 0 Å². The molecule has 2 rings (SSSR count). The van der Waals surface area contributed by atoms with E-state index in [1.54, 1.807) is 17.6 Å². The van der Waals surface area contributed by atoms with E-state index < -0.39 is 0 Å². The quantitative estimate of drug-likeness (QED) is 0.671. The normalized spacial score (nSPS) is 12.9. The third-order valence-electron chi connectivity index (χ3n) is 2.15. The maximum Gasteiger partial charge on any atom is 0.136 e. The number of halogens is 1. The summed E-state index contributed by atoms with van der Waals surface area (Å²) in [6, 6.07) is 6.00. The van der Waals surface area contributed by atoms with Gasteiger partial charge in [-0.1, -0.05) is 6.07 Å². The maximum atomic E-state index is 5.52. The third-order valence-corrected chi connectivity index (χ3v) is 3.70. The molecular formula is C10H11BrN2OS. The molecule has 2 heterocycles. The lowest BCUT2D eigenvalue weighted by Gasteiger charge is -2.12. The Balaban J connectivity index is 2.15. The van der Waals surface area contributed by atoms with Gasteiger partial charge in [0, 0.05) is 11.3 Å². The first-order valence-electron chi connectivity index (χ1n) is 4.52. The summed E-state index contributed by atoms with van der Waals surface area (Å²) in [5, 5.41) is 2.06. The van der Waals surface area contributed by atoms with Crippen molar-refractivity contribution in [3.05, 3.63) is 45.0 Å². The van der Waals surface area contributed by atoms with Crippen LogP contribution < -0.4 is 11.3 Å². The van der Waals surface area contributed by atoms with Crippen molar-refractivity contribution in [3.8, 4) is 0 Å². The molecule has 0 fully saturated rings. The summed E-state index contributed by atoms with van der Waals surface area (Å²) < 4.78 is 6.33. The van der Waals surface area contributed by atoms with Crippen molar-refractivity contribution in [2.45, 2.75) is 12.5 Å². The second-order valence-electron chi connectivity index (χ2n) is 3.14. The van der Waals surface area contributed by atoms with Crippen molar-refractivity contribution in [1.82, 2.24) is 5.43 Å². The Kier molecular flexibility index (Phi) is 3.58. The largest absolute Gasteiger partial charge is 0.466 e. The number of furan rings is 1. The zero-order valence-electron chi connectivity index (χ0n) is 7.94. The predicted octanol–water partition coefficient (Wildman–Crippen LogP) is 2.85. The van der Waals surface area contributed by atoms with Gasteiger partial charge in [-0.2, -0.15) is 0 Å². The summed E-state index contributed by atoms with van der Waals surface area (Å²) in [5.41, 5.74) is 2.77. The number of nitrogens with one attached hydrogen (secondary N) is 1. The van der Waals surface area contributed by atoms with Gasteiger partial charge in [-0.05, 0) is 33.4 Å². The Bertz CT molecular complexity index is 413. The fourth-order valence-electron chi connectivity index (χ4n) is 1.41. The van der Waals surface area contributed by atoms with E-state index in [9.17, 15) is 0 Å². The Morgan fingerprint density at radius 1 is 1.53 bits per heavy atom. The number of hydrogen-bond acceptors (Lipinski definition) is 4. The molecule has 3 N–H and O–H groups in total. The molecule has 0 aliphatic heterocycles. The lowest BCUT2D eigenvalue weighted by molar-refractivity contribution is 0.415. The Morgan fingerprint density at radius 3 is 2.93 bits per heavy atom. The lowest BCUT2D eigenvalue weighted by Crippen LogP contribution is -2.29. The summed E-state index contributed by atoms with van der Waals surface area (Å²) >= 11 is 5.14. The molecule has 15 heavy (non-hydrogen) atoms. The van der Waals surface area contributed by atoms with Crippen LogP contribution in [0.15, 0.2) is 38.7 Å². The second kappa shape index (κ2) is 4.94. The summed E-state index contributed by atoms with van der Waals surface area (Å²) in [7, 11) is 0. The van der Waals surface area contributed by atoms with Gasteiger partial charge in [0.15, 0.2) is 0 Å². The summed E-state index contributed by atoms with van der Waals surface area (Å²) in [5.74, 6) is 6.36. The van der Waals surface area contributed by atoms with Gasteiger partial charge in [0.2, 0.25) is 0 Å². The molecule has 0 saturated carbocycles. The van der Waals surface area contributed by atoms with Gasteiger partial charge < -0.3 is 4.42 Å².